The zero-order valence-electron chi connectivity index (χ0n) is 12.6. The van der Waals surface area contributed by atoms with Gasteiger partial charge in [0, 0.05) is 23.8 Å². The van der Waals surface area contributed by atoms with Crippen LogP contribution in [0.15, 0.2) is 41.5 Å². The molecule has 1 aliphatic rings. The van der Waals surface area contributed by atoms with Crippen LogP contribution >= 0.6 is 0 Å². The molecule has 4 rings (SSSR count). The Balaban J connectivity index is 1.69. The Bertz CT molecular complexity index is 795. The number of aromatic nitrogens is 5. The van der Waals surface area contributed by atoms with E-state index in [2.05, 4.69) is 32.2 Å². The van der Waals surface area contributed by atoms with Gasteiger partial charge in [-0.25, -0.2) is 0 Å². The van der Waals surface area contributed by atoms with E-state index in [0.29, 0.717) is 23.7 Å². The van der Waals surface area contributed by atoms with Gasteiger partial charge in [0.15, 0.2) is 0 Å². The van der Waals surface area contributed by atoms with Crippen LogP contribution < -0.4 is 0 Å². The highest BCUT2D eigenvalue weighted by atomic mass is 16.5. The molecule has 1 saturated heterocycles. The summed E-state index contributed by atoms with van der Waals surface area (Å²) in [6, 6.07) is 3.66. The molecule has 1 aliphatic heterocycles. The van der Waals surface area contributed by atoms with Crippen molar-refractivity contribution < 1.29 is 9.26 Å². The molecule has 0 radical (unpaired) electrons. The van der Waals surface area contributed by atoms with Crippen molar-refractivity contribution in [2.45, 2.75) is 18.8 Å². The van der Waals surface area contributed by atoms with E-state index in [9.17, 15) is 0 Å². The predicted molar refractivity (Wildman–Crippen MR) is 81.3 cm³/mol. The molecule has 116 valence electrons. The standard InChI is InChI=1S/C16H15N5O2/c1-16(4-6-22-10-16)11-9-23-21-15(11)14-8-17-13(7-18-14)12-3-2-5-19-20-12/h2-3,5,7-9H,4,6,10H2,1H3. The largest absolute Gasteiger partial charge is 0.380 e. The number of nitrogens with zero attached hydrogens (tertiary/aromatic N) is 5. The Hall–Kier alpha value is -2.67. The molecule has 0 bridgehead atoms. The average Bonchev–Trinajstić information content (AvgIpc) is 3.26. The summed E-state index contributed by atoms with van der Waals surface area (Å²) >= 11 is 0. The summed E-state index contributed by atoms with van der Waals surface area (Å²) in [6.45, 7) is 3.56. The lowest BCUT2D eigenvalue weighted by Gasteiger charge is -2.20. The van der Waals surface area contributed by atoms with Gasteiger partial charge in [-0.05, 0) is 18.6 Å². The Morgan fingerprint density at radius 2 is 2.00 bits per heavy atom. The van der Waals surface area contributed by atoms with Crippen LogP contribution in [0.4, 0.5) is 0 Å². The summed E-state index contributed by atoms with van der Waals surface area (Å²) in [4.78, 5) is 8.88. The smallest absolute Gasteiger partial charge is 0.137 e. The van der Waals surface area contributed by atoms with E-state index in [1.165, 1.54) is 0 Å². The van der Waals surface area contributed by atoms with Gasteiger partial charge in [0.25, 0.3) is 0 Å². The molecular weight excluding hydrogens is 294 g/mol. The average molecular weight is 309 g/mol. The van der Waals surface area contributed by atoms with Crippen LogP contribution in [-0.2, 0) is 10.2 Å². The Kier molecular flexibility index (Phi) is 3.34. The maximum atomic E-state index is 5.53. The normalized spacial score (nSPS) is 20.7. The molecule has 1 fully saturated rings. The van der Waals surface area contributed by atoms with Gasteiger partial charge in [0.2, 0.25) is 0 Å². The number of ether oxygens (including phenoxy) is 1. The lowest BCUT2D eigenvalue weighted by Crippen LogP contribution is -2.22. The molecule has 3 aromatic heterocycles. The van der Waals surface area contributed by atoms with Crippen LogP contribution in [0, 0.1) is 0 Å². The summed E-state index contributed by atoms with van der Waals surface area (Å²) in [5, 5.41) is 12.0. The summed E-state index contributed by atoms with van der Waals surface area (Å²) in [5.74, 6) is 0. The summed E-state index contributed by atoms with van der Waals surface area (Å²) in [7, 11) is 0. The second-order valence-electron chi connectivity index (χ2n) is 5.84. The van der Waals surface area contributed by atoms with Crippen LogP contribution in [0.2, 0.25) is 0 Å². The van der Waals surface area contributed by atoms with Gasteiger partial charge in [0.1, 0.15) is 29.0 Å². The van der Waals surface area contributed by atoms with E-state index in [0.717, 1.165) is 24.3 Å². The first-order valence-electron chi connectivity index (χ1n) is 7.39. The molecule has 0 spiro atoms. The first-order valence-corrected chi connectivity index (χ1v) is 7.39. The van der Waals surface area contributed by atoms with Gasteiger partial charge in [-0.15, -0.1) is 5.10 Å². The number of hydrogen-bond acceptors (Lipinski definition) is 7. The zero-order chi connectivity index (χ0) is 15.7. The van der Waals surface area contributed by atoms with Crippen LogP contribution in [0.25, 0.3) is 22.8 Å². The molecule has 7 heteroatoms. The maximum Gasteiger partial charge on any atom is 0.137 e. The van der Waals surface area contributed by atoms with Gasteiger partial charge in [0.05, 0.1) is 19.0 Å². The third-order valence-corrected chi connectivity index (χ3v) is 4.17. The topological polar surface area (TPSA) is 86.8 Å². The van der Waals surface area contributed by atoms with Crippen molar-refractivity contribution in [3.05, 3.63) is 42.5 Å². The van der Waals surface area contributed by atoms with Crippen molar-refractivity contribution >= 4 is 0 Å². The lowest BCUT2D eigenvalue weighted by molar-refractivity contribution is 0.180. The molecule has 0 aliphatic carbocycles. The molecule has 0 N–H and O–H groups in total. The van der Waals surface area contributed by atoms with Crippen LogP contribution in [0.1, 0.15) is 18.9 Å². The predicted octanol–water partition coefficient (Wildman–Crippen LogP) is 2.27. The van der Waals surface area contributed by atoms with Gasteiger partial charge < -0.3 is 9.26 Å². The Morgan fingerprint density at radius 1 is 1.13 bits per heavy atom. The Morgan fingerprint density at radius 3 is 2.70 bits per heavy atom. The fourth-order valence-electron chi connectivity index (χ4n) is 2.75. The molecule has 0 amide bonds. The van der Waals surface area contributed by atoms with Crippen molar-refractivity contribution in [2.24, 2.45) is 0 Å². The maximum absolute atomic E-state index is 5.53. The third-order valence-electron chi connectivity index (χ3n) is 4.17. The van der Waals surface area contributed by atoms with Crippen molar-refractivity contribution in [2.75, 3.05) is 13.2 Å². The van der Waals surface area contributed by atoms with Crippen molar-refractivity contribution in [3.63, 3.8) is 0 Å². The molecule has 0 saturated carbocycles. The van der Waals surface area contributed by atoms with Crippen LogP contribution in [-0.4, -0.2) is 38.5 Å². The summed E-state index contributed by atoms with van der Waals surface area (Å²) in [5.41, 5.74) is 3.66. The van der Waals surface area contributed by atoms with Crippen molar-refractivity contribution in [1.82, 2.24) is 25.3 Å². The molecule has 1 atom stereocenters. The lowest BCUT2D eigenvalue weighted by atomic mass is 9.82. The molecule has 3 aromatic rings. The van der Waals surface area contributed by atoms with Crippen molar-refractivity contribution in [3.8, 4) is 22.8 Å². The molecule has 23 heavy (non-hydrogen) atoms. The SMILES string of the molecule is CC1(c2conc2-c2cnc(-c3cccnn3)cn2)CCOC1. The van der Waals surface area contributed by atoms with E-state index < -0.39 is 0 Å². The molecule has 0 aromatic carbocycles. The van der Waals surface area contributed by atoms with E-state index in [-0.39, 0.29) is 5.41 Å². The molecule has 7 nitrogen and oxygen atoms in total. The van der Waals surface area contributed by atoms with E-state index in [1.54, 1.807) is 24.9 Å². The number of rotatable bonds is 3. The first kappa shape index (κ1) is 14.0. The van der Waals surface area contributed by atoms with E-state index in [4.69, 9.17) is 9.26 Å². The fraction of sp³-hybridized carbons (Fsp3) is 0.312. The minimum Gasteiger partial charge on any atom is -0.380 e. The Labute approximate surface area is 132 Å². The molecular formula is C16H15N5O2. The monoisotopic (exact) mass is 309 g/mol. The highest BCUT2D eigenvalue weighted by molar-refractivity contribution is 5.61. The quantitative estimate of drug-likeness (QED) is 0.733. The molecule has 1 unspecified atom stereocenters. The van der Waals surface area contributed by atoms with E-state index >= 15 is 0 Å². The van der Waals surface area contributed by atoms with Gasteiger partial charge in [-0.3, -0.25) is 9.97 Å². The summed E-state index contributed by atoms with van der Waals surface area (Å²) in [6.07, 6.45) is 7.60. The molecule has 4 heterocycles. The van der Waals surface area contributed by atoms with Crippen LogP contribution in [0.5, 0.6) is 0 Å². The minimum atomic E-state index is -0.0966. The summed E-state index contributed by atoms with van der Waals surface area (Å²) < 4.78 is 10.7. The van der Waals surface area contributed by atoms with Gasteiger partial charge in [-0.1, -0.05) is 12.1 Å². The van der Waals surface area contributed by atoms with Gasteiger partial charge >= 0.3 is 0 Å². The second kappa shape index (κ2) is 5.51. The van der Waals surface area contributed by atoms with E-state index in [1.807, 2.05) is 12.1 Å². The number of hydrogen-bond donors (Lipinski definition) is 0. The third kappa shape index (κ3) is 2.49. The second-order valence-corrected chi connectivity index (χ2v) is 5.84. The minimum absolute atomic E-state index is 0.0966. The highest BCUT2D eigenvalue weighted by Crippen LogP contribution is 2.37. The fourth-order valence-corrected chi connectivity index (χ4v) is 2.75. The highest BCUT2D eigenvalue weighted by Gasteiger charge is 2.36. The van der Waals surface area contributed by atoms with Crippen LogP contribution in [0.3, 0.4) is 0 Å². The van der Waals surface area contributed by atoms with Gasteiger partial charge in [-0.2, -0.15) is 5.10 Å². The van der Waals surface area contributed by atoms with Crippen molar-refractivity contribution in [1.29, 1.82) is 0 Å². The zero-order valence-corrected chi connectivity index (χ0v) is 12.6. The first-order chi connectivity index (χ1) is 11.3.